The van der Waals surface area contributed by atoms with Gasteiger partial charge in [-0.1, -0.05) is 43.2 Å². The number of aromatic nitrogens is 3. The van der Waals surface area contributed by atoms with E-state index in [2.05, 4.69) is 90.8 Å². The molecule has 1 saturated heterocycles. The van der Waals surface area contributed by atoms with Gasteiger partial charge in [0, 0.05) is 30.4 Å². The van der Waals surface area contributed by atoms with E-state index in [-0.39, 0.29) is 11.9 Å². The van der Waals surface area contributed by atoms with Gasteiger partial charge in [0.05, 0.1) is 23.6 Å². The first-order chi connectivity index (χ1) is 19.0. The second-order valence-electron chi connectivity index (χ2n) is 10.6. The second-order valence-corrected chi connectivity index (χ2v) is 10.6. The molecule has 2 aliphatic rings. The van der Waals surface area contributed by atoms with Gasteiger partial charge in [0.1, 0.15) is 5.82 Å². The highest BCUT2D eigenvalue weighted by molar-refractivity contribution is 6.20. The first-order valence-electron chi connectivity index (χ1n) is 14.2. The van der Waals surface area contributed by atoms with Gasteiger partial charge < -0.3 is 15.5 Å². The van der Waals surface area contributed by atoms with Crippen molar-refractivity contribution in [3.63, 3.8) is 0 Å². The molecule has 1 amide bonds. The van der Waals surface area contributed by atoms with Crippen LogP contribution in [0.15, 0.2) is 60.4 Å². The molecule has 2 N–H and O–H groups in total. The van der Waals surface area contributed by atoms with Gasteiger partial charge in [0.15, 0.2) is 0 Å². The summed E-state index contributed by atoms with van der Waals surface area (Å²) in [7, 11) is 2.13. The number of hydrogen-bond donors (Lipinski definition) is 2. The first-order valence-corrected chi connectivity index (χ1v) is 14.2. The predicted octanol–water partition coefficient (Wildman–Crippen LogP) is 5.61. The van der Waals surface area contributed by atoms with Gasteiger partial charge in [-0.05, 0) is 88.0 Å². The number of carbonyl (C=O) groups excluding carboxylic acids is 1. The lowest BCUT2D eigenvalue weighted by atomic mass is 10.0. The number of piperidine rings is 1. The molecule has 3 aromatic rings. The van der Waals surface area contributed by atoms with Crippen LogP contribution in [0.1, 0.15) is 74.4 Å². The van der Waals surface area contributed by atoms with Crippen LogP contribution in [0.3, 0.4) is 0 Å². The summed E-state index contributed by atoms with van der Waals surface area (Å²) in [6.07, 6.45) is 12.6. The Morgan fingerprint density at radius 3 is 2.67 bits per heavy atom. The number of aryl methyl sites for hydroxylation is 1. The summed E-state index contributed by atoms with van der Waals surface area (Å²) in [6.45, 7) is 8.42. The van der Waals surface area contributed by atoms with Crippen molar-refractivity contribution in [2.75, 3.05) is 25.0 Å². The summed E-state index contributed by atoms with van der Waals surface area (Å²) < 4.78 is 1.94. The zero-order valence-corrected chi connectivity index (χ0v) is 23.6. The normalized spacial score (nSPS) is 16.5. The van der Waals surface area contributed by atoms with Gasteiger partial charge in [-0.25, -0.2) is 9.67 Å². The van der Waals surface area contributed by atoms with Gasteiger partial charge in [0.2, 0.25) is 0 Å². The molecule has 0 saturated carbocycles. The van der Waals surface area contributed by atoms with Crippen molar-refractivity contribution in [2.45, 2.75) is 65.0 Å². The molecule has 0 radical (unpaired) electrons. The van der Waals surface area contributed by atoms with Crippen molar-refractivity contribution >= 4 is 23.4 Å². The average molecular weight is 525 g/mol. The number of anilines is 1. The Morgan fingerprint density at radius 1 is 1.18 bits per heavy atom. The fourth-order valence-corrected chi connectivity index (χ4v) is 5.53. The van der Waals surface area contributed by atoms with Crippen LogP contribution in [0, 0.1) is 6.92 Å². The van der Waals surface area contributed by atoms with E-state index in [0.717, 1.165) is 73.5 Å². The van der Waals surface area contributed by atoms with Crippen LogP contribution in [0.4, 0.5) is 5.82 Å². The fraction of sp³-hybridized carbons (Fsp3) is 0.406. The molecule has 5 rings (SSSR count). The average Bonchev–Trinajstić information content (AvgIpc) is 3.29. The molecule has 1 unspecified atom stereocenters. The van der Waals surface area contributed by atoms with Gasteiger partial charge in [-0.15, -0.1) is 0 Å². The molecule has 1 aliphatic heterocycles. The van der Waals surface area contributed by atoms with E-state index in [4.69, 9.17) is 5.10 Å². The van der Waals surface area contributed by atoms with Crippen LogP contribution >= 0.6 is 0 Å². The second kappa shape index (κ2) is 12.0. The number of amides is 1. The fourth-order valence-electron chi connectivity index (χ4n) is 5.53. The van der Waals surface area contributed by atoms with E-state index < -0.39 is 0 Å². The van der Waals surface area contributed by atoms with Crippen molar-refractivity contribution in [3.8, 4) is 5.69 Å². The van der Waals surface area contributed by atoms with Crippen LogP contribution in [-0.2, 0) is 4.79 Å². The van der Waals surface area contributed by atoms with Gasteiger partial charge >= 0.3 is 0 Å². The first kappa shape index (κ1) is 26.9. The summed E-state index contributed by atoms with van der Waals surface area (Å²) in [5, 5.41) is 11.5. The topological polar surface area (TPSA) is 75.1 Å². The predicted molar refractivity (Wildman–Crippen MR) is 159 cm³/mol. The van der Waals surface area contributed by atoms with Crippen LogP contribution < -0.4 is 15.5 Å². The summed E-state index contributed by atoms with van der Waals surface area (Å²) in [6, 6.07) is 12.8. The molecule has 1 atom stereocenters. The van der Waals surface area contributed by atoms with E-state index in [0.29, 0.717) is 11.6 Å². The van der Waals surface area contributed by atoms with Gasteiger partial charge in [-0.3, -0.25) is 4.79 Å². The van der Waals surface area contributed by atoms with Crippen molar-refractivity contribution in [1.82, 2.24) is 25.4 Å². The monoisotopic (exact) mass is 524 g/mol. The molecule has 0 spiro atoms. The smallest absolute Gasteiger partial charge is 0.252 e. The summed E-state index contributed by atoms with van der Waals surface area (Å²) in [4.78, 5) is 20.8. The Labute approximate surface area is 232 Å². The molecule has 3 heterocycles. The summed E-state index contributed by atoms with van der Waals surface area (Å²) in [5.74, 6) is 0.890. The Hall–Kier alpha value is -3.71. The zero-order chi connectivity index (χ0) is 27.4. The molecule has 1 fully saturated rings. The minimum absolute atomic E-state index is 0.0672. The standard InChI is InChI=1S/C32H40N6O/c1-5-23-9-12-27(28-21-35-38(30(28)19-23)26-10-7-22(3)8-11-26)32(39)36-29(6-2)24-13-18-34-31(20-24)37(4)25-14-16-33-17-15-25/h7-8,10-13,18-21,25,29,33H,5-6,9,14-17H2,1-4H3,(H,36,39). The Morgan fingerprint density at radius 2 is 1.95 bits per heavy atom. The summed E-state index contributed by atoms with van der Waals surface area (Å²) in [5.41, 5.74) is 7.05. The van der Waals surface area contributed by atoms with Crippen molar-refractivity contribution in [1.29, 1.82) is 0 Å². The molecular formula is C32H40N6O. The number of nitrogens with zero attached hydrogens (tertiary/aromatic N) is 4. The number of benzene rings is 1. The minimum atomic E-state index is -0.112. The quantitative estimate of drug-likeness (QED) is 0.401. The maximum Gasteiger partial charge on any atom is 0.252 e. The van der Waals surface area contributed by atoms with E-state index in [1.807, 2.05) is 23.1 Å². The SMILES string of the molecule is CCC1=Cc2c(cnn2-c2ccc(C)cc2)C(C(=O)NC(CC)c2ccnc(N(C)C3CCNCC3)c2)=CC1. The lowest BCUT2D eigenvalue weighted by Gasteiger charge is -2.33. The highest BCUT2D eigenvalue weighted by atomic mass is 16.1. The van der Waals surface area contributed by atoms with Crippen LogP contribution in [0.25, 0.3) is 17.3 Å². The number of fused-ring (bicyclic) bond motifs is 1. The summed E-state index contributed by atoms with van der Waals surface area (Å²) >= 11 is 0. The molecule has 7 heteroatoms. The Bertz CT molecular complexity index is 1360. The molecular weight excluding hydrogens is 484 g/mol. The number of pyridine rings is 1. The molecule has 7 nitrogen and oxygen atoms in total. The number of allylic oxidation sites excluding steroid dienone is 2. The van der Waals surface area contributed by atoms with Gasteiger partial charge in [0.25, 0.3) is 5.91 Å². The van der Waals surface area contributed by atoms with E-state index in [1.54, 1.807) is 0 Å². The minimum Gasteiger partial charge on any atom is -0.357 e. The number of hydrogen-bond acceptors (Lipinski definition) is 5. The third-order valence-electron chi connectivity index (χ3n) is 8.09. The lowest BCUT2D eigenvalue weighted by Crippen LogP contribution is -2.41. The third-order valence-corrected chi connectivity index (χ3v) is 8.09. The number of carbonyl (C=O) groups is 1. The molecule has 0 bridgehead atoms. The van der Waals surface area contributed by atoms with Crippen molar-refractivity contribution < 1.29 is 4.79 Å². The van der Waals surface area contributed by atoms with Crippen LogP contribution in [0.2, 0.25) is 0 Å². The van der Waals surface area contributed by atoms with E-state index >= 15 is 0 Å². The lowest BCUT2D eigenvalue weighted by molar-refractivity contribution is -0.116. The number of rotatable bonds is 8. The van der Waals surface area contributed by atoms with Crippen LogP contribution in [0.5, 0.6) is 0 Å². The number of nitrogens with one attached hydrogen (secondary N) is 2. The van der Waals surface area contributed by atoms with Gasteiger partial charge in [-0.2, -0.15) is 5.10 Å². The third kappa shape index (κ3) is 5.83. The van der Waals surface area contributed by atoms with Crippen LogP contribution in [-0.4, -0.2) is 46.9 Å². The highest BCUT2D eigenvalue weighted by Gasteiger charge is 2.25. The highest BCUT2D eigenvalue weighted by Crippen LogP contribution is 2.31. The van der Waals surface area contributed by atoms with E-state index in [1.165, 1.54) is 11.1 Å². The maximum absolute atomic E-state index is 13.8. The molecule has 1 aromatic carbocycles. The van der Waals surface area contributed by atoms with Crippen molar-refractivity contribution in [2.24, 2.45) is 0 Å². The largest absolute Gasteiger partial charge is 0.357 e. The van der Waals surface area contributed by atoms with Crippen molar-refractivity contribution in [3.05, 3.63) is 82.8 Å². The molecule has 39 heavy (non-hydrogen) atoms. The molecule has 2 aromatic heterocycles. The molecule has 1 aliphatic carbocycles. The maximum atomic E-state index is 13.8. The Balaban J connectivity index is 1.40. The van der Waals surface area contributed by atoms with E-state index in [9.17, 15) is 4.79 Å². The Kier molecular flexibility index (Phi) is 8.27. The molecule has 204 valence electrons. The zero-order valence-electron chi connectivity index (χ0n) is 23.6.